The number of amides is 1. The Hall–Kier alpha value is -4.71. The van der Waals surface area contributed by atoms with Crippen molar-refractivity contribution in [2.24, 2.45) is 0 Å². The predicted molar refractivity (Wildman–Crippen MR) is 127 cm³/mol. The molecule has 5 rings (SSSR count). The molecule has 33 heavy (non-hydrogen) atoms. The third kappa shape index (κ3) is 4.09. The van der Waals surface area contributed by atoms with Gasteiger partial charge in [0.05, 0.1) is 0 Å². The van der Waals surface area contributed by atoms with Gasteiger partial charge in [-0.25, -0.2) is 4.98 Å². The first-order valence-corrected chi connectivity index (χ1v) is 10.4. The van der Waals surface area contributed by atoms with Crippen molar-refractivity contribution in [1.82, 2.24) is 9.97 Å². The Morgan fingerprint density at radius 1 is 0.788 bits per heavy atom. The van der Waals surface area contributed by atoms with Gasteiger partial charge < -0.3 is 9.52 Å². The summed E-state index contributed by atoms with van der Waals surface area (Å²) in [5.74, 6) is 0.383. The molecule has 0 bridgehead atoms. The average molecular weight is 433 g/mol. The van der Waals surface area contributed by atoms with Crippen molar-refractivity contribution in [2.75, 3.05) is 5.32 Å². The Labute approximate surface area is 190 Å². The van der Waals surface area contributed by atoms with Crippen molar-refractivity contribution < 1.29 is 14.3 Å². The highest BCUT2D eigenvalue weighted by atomic mass is 16.4. The van der Waals surface area contributed by atoms with Crippen molar-refractivity contribution in [3.8, 4) is 39.6 Å². The fourth-order valence-electron chi connectivity index (χ4n) is 3.59. The van der Waals surface area contributed by atoms with Crippen molar-refractivity contribution >= 4 is 11.8 Å². The van der Waals surface area contributed by atoms with Crippen LogP contribution in [-0.2, 0) is 0 Å². The number of hydrogen-bond donors (Lipinski definition) is 2. The van der Waals surface area contributed by atoms with Crippen molar-refractivity contribution in [3.63, 3.8) is 0 Å². The van der Waals surface area contributed by atoms with Crippen LogP contribution in [0.5, 0.6) is 5.75 Å². The number of nitrogens with zero attached hydrogens (tertiary/aromatic N) is 2. The SMILES string of the molecule is O=C(Nc1oc(-c2ccccc2-c2ccccc2O)nc1-c1cccnc1)c1ccccc1. The van der Waals surface area contributed by atoms with Crippen LogP contribution < -0.4 is 5.32 Å². The first kappa shape index (κ1) is 20.2. The molecule has 160 valence electrons. The van der Waals surface area contributed by atoms with E-state index in [2.05, 4.69) is 10.3 Å². The van der Waals surface area contributed by atoms with E-state index < -0.39 is 0 Å². The topological polar surface area (TPSA) is 88.2 Å². The second-order valence-electron chi connectivity index (χ2n) is 7.32. The molecule has 2 N–H and O–H groups in total. The quantitative estimate of drug-likeness (QED) is 0.353. The van der Waals surface area contributed by atoms with E-state index in [-0.39, 0.29) is 17.5 Å². The first-order chi connectivity index (χ1) is 16.2. The third-order valence-electron chi connectivity index (χ3n) is 5.18. The number of carbonyl (C=O) groups is 1. The summed E-state index contributed by atoms with van der Waals surface area (Å²) >= 11 is 0. The van der Waals surface area contributed by atoms with Crippen molar-refractivity contribution in [1.29, 1.82) is 0 Å². The van der Waals surface area contributed by atoms with Gasteiger partial charge in [-0.3, -0.25) is 15.1 Å². The monoisotopic (exact) mass is 433 g/mol. The summed E-state index contributed by atoms with van der Waals surface area (Å²) in [6.07, 6.45) is 3.33. The molecule has 0 fully saturated rings. The summed E-state index contributed by atoms with van der Waals surface area (Å²) in [6.45, 7) is 0. The summed E-state index contributed by atoms with van der Waals surface area (Å²) < 4.78 is 6.10. The molecule has 0 saturated heterocycles. The largest absolute Gasteiger partial charge is 0.507 e. The smallest absolute Gasteiger partial charge is 0.258 e. The van der Waals surface area contributed by atoms with Gasteiger partial charge in [-0.1, -0.05) is 54.6 Å². The number of pyridine rings is 1. The molecule has 3 aromatic carbocycles. The molecule has 0 aliphatic carbocycles. The molecular weight excluding hydrogens is 414 g/mol. The second-order valence-corrected chi connectivity index (χ2v) is 7.32. The van der Waals surface area contributed by atoms with E-state index in [1.807, 2.05) is 48.5 Å². The molecule has 6 heteroatoms. The predicted octanol–water partition coefficient (Wildman–Crippen LogP) is 6.03. The van der Waals surface area contributed by atoms with Crippen molar-refractivity contribution in [3.05, 3.63) is 109 Å². The molecule has 5 aromatic rings. The normalized spacial score (nSPS) is 10.7. The number of benzene rings is 3. The number of rotatable bonds is 5. The van der Waals surface area contributed by atoms with Gasteiger partial charge in [0.25, 0.3) is 5.91 Å². The lowest BCUT2D eigenvalue weighted by molar-refractivity contribution is 0.102. The molecular formula is C27H19N3O3. The van der Waals surface area contributed by atoms with Crippen LogP contribution in [0, 0.1) is 0 Å². The fourth-order valence-corrected chi connectivity index (χ4v) is 3.59. The van der Waals surface area contributed by atoms with Gasteiger partial charge in [0, 0.05) is 34.6 Å². The Morgan fingerprint density at radius 2 is 1.48 bits per heavy atom. The van der Waals surface area contributed by atoms with Crippen LogP contribution in [0.1, 0.15) is 10.4 Å². The fraction of sp³-hybridized carbons (Fsp3) is 0. The van der Waals surface area contributed by atoms with E-state index in [1.54, 1.807) is 54.9 Å². The zero-order chi connectivity index (χ0) is 22.6. The lowest BCUT2D eigenvalue weighted by Gasteiger charge is -2.08. The number of nitrogens with one attached hydrogen (secondary N) is 1. The molecule has 2 heterocycles. The molecule has 6 nitrogen and oxygen atoms in total. The molecule has 2 aromatic heterocycles. The van der Waals surface area contributed by atoms with Gasteiger partial charge in [0.1, 0.15) is 11.4 Å². The highest BCUT2D eigenvalue weighted by Gasteiger charge is 2.21. The number of oxazole rings is 1. The molecule has 0 aliphatic rings. The molecule has 1 amide bonds. The summed E-state index contributed by atoms with van der Waals surface area (Å²) in [6, 6.07) is 27.1. The number of hydrogen-bond acceptors (Lipinski definition) is 5. The number of para-hydroxylation sites is 1. The minimum Gasteiger partial charge on any atom is -0.507 e. The molecule has 0 unspecified atom stereocenters. The van der Waals surface area contributed by atoms with E-state index >= 15 is 0 Å². The van der Waals surface area contributed by atoms with Crippen LogP contribution in [0.2, 0.25) is 0 Å². The number of aromatic hydroxyl groups is 1. The summed E-state index contributed by atoms with van der Waals surface area (Å²) in [7, 11) is 0. The van der Waals surface area contributed by atoms with E-state index in [0.717, 1.165) is 5.56 Å². The maximum absolute atomic E-state index is 12.8. The number of aromatic nitrogens is 2. The maximum atomic E-state index is 12.8. The molecule has 0 saturated carbocycles. The van der Waals surface area contributed by atoms with Gasteiger partial charge in [0.15, 0.2) is 0 Å². The van der Waals surface area contributed by atoms with Gasteiger partial charge >= 0.3 is 0 Å². The number of phenols is 1. The maximum Gasteiger partial charge on any atom is 0.258 e. The zero-order valence-corrected chi connectivity index (χ0v) is 17.5. The number of carbonyl (C=O) groups excluding carboxylic acids is 1. The summed E-state index contributed by atoms with van der Waals surface area (Å²) in [4.78, 5) is 21.7. The Balaban J connectivity index is 1.62. The molecule has 0 aliphatic heterocycles. The second kappa shape index (κ2) is 8.80. The molecule has 0 radical (unpaired) electrons. The number of phenolic OH excluding ortho intramolecular Hbond substituents is 1. The van der Waals surface area contributed by atoms with E-state index in [4.69, 9.17) is 9.40 Å². The Morgan fingerprint density at radius 3 is 2.21 bits per heavy atom. The van der Waals surface area contributed by atoms with E-state index in [1.165, 1.54) is 0 Å². The highest BCUT2D eigenvalue weighted by molar-refractivity contribution is 6.05. The lowest BCUT2D eigenvalue weighted by Crippen LogP contribution is -2.11. The van der Waals surface area contributed by atoms with Crippen LogP contribution in [0.25, 0.3) is 33.8 Å². The van der Waals surface area contributed by atoms with Crippen LogP contribution in [0.15, 0.2) is 108 Å². The lowest BCUT2D eigenvalue weighted by atomic mass is 9.99. The zero-order valence-electron chi connectivity index (χ0n) is 17.5. The summed E-state index contributed by atoms with van der Waals surface area (Å²) in [5.41, 5.74) is 3.77. The molecule has 0 atom stereocenters. The van der Waals surface area contributed by atoms with Crippen LogP contribution in [0.3, 0.4) is 0 Å². The Bertz CT molecular complexity index is 1410. The standard InChI is InChI=1S/C27H19N3O3/c31-23-15-7-6-13-21(23)20-12-4-5-14-22(20)26-29-24(19-11-8-16-28-17-19)27(33-26)30-25(32)18-9-2-1-3-10-18/h1-17,31H,(H,30,32). The van der Waals surface area contributed by atoms with Gasteiger partial charge in [-0.15, -0.1) is 0 Å². The minimum atomic E-state index is -0.308. The van der Waals surface area contributed by atoms with Gasteiger partial charge in [-0.05, 0) is 42.0 Å². The van der Waals surface area contributed by atoms with Crippen LogP contribution >= 0.6 is 0 Å². The van der Waals surface area contributed by atoms with Gasteiger partial charge in [0.2, 0.25) is 11.8 Å². The number of anilines is 1. The van der Waals surface area contributed by atoms with E-state index in [0.29, 0.717) is 33.8 Å². The summed E-state index contributed by atoms with van der Waals surface area (Å²) in [5, 5.41) is 13.2. The Kier molecular flexibility index (Phi) is 5.39. The minimum absolute atomic E-state index is 0.154. The van der Waals surface area contributed by atoms with Crippen molar-refractivity contribution in [2.45, 2.75) is 0 Å². The van der Waals surface area contributed by atoms with E-state index in [9.17, 15) is 9.90 Å². The van der Waals surface area contributed by atoms with Crippen LogP contribution in [-0.4, -0.2) is 21.0 Å². The van der Waals surface area contributed by atoms with Gasteiger partial charge in [-0.2, -0.15) is 0 Å². The third-order valence-corrected chi connectivity index (χ3v) is 5.18. The van der Waals surface area contributed by atoms with Crippen LogP contribution in [0.4, 0.5) is 5.88 Å². The average Bonchev–Trinajstić information content (AvgIpc) is 3.29. The highest BCUT2D eigenvalue weighted by Crippen LogP contribution is 2.39. The molecule has 0 spiro atoms. The first-order valence-electron chi connectivity index (χ1n) is 10.4.